The maximum absolute atomic E-state index is 5.41. The molecule has 4 nitrogen and oxygen atoms in total. The number of para-hydroxylation sites is 1. The van der Waals surface area contributed by atoms with Crippen LogP contribution in [0.1, 0.15) is 32.3 Å². The quantitative estimate of drug-likeness (QED) is 0.671. The van der Waals surface area contributed by atoms with Gasteiger partial charge in [-0.05, 0) is 43.7 Å². The minimum Gasteiger partial charge on any atom is -0.496 e. The first-order valence-corrected chi connectivity index (χ1v) is 8.39. The van der Waals surface area contributed by atoms with E-state index in [1.165, 1.54) is 18.4 Å². The molecule has 0 aromatic heterocycles. The Balaban J connectivity index is 1.97. The van der Waals surface area contributed by atoms with Gasteiger partial charge in [0, 0.05) is 26.2 Å². The number of likely N-dealkylation sites (tertiary alicyclic amines) is 1. The van der Waals surface area contributed by atoms with Gasteiger partial charge in [-0.3, -0.25) is 4.99 Å². The summed E-state index contributed by atoms with van der Waals surface area (Å²) >= 11 is 0. The lowest BCUT2D eigenvalue weighted by Crippen LogP contribution is -2.46. The molecular formula is C18H29N3O. The van der Waals surface area contributed by atoms with Gasteiger partial charge in [0.05, 0.1) is 7.11 Å². The zero-order valence-corrected chi connectivity index (χ0v) is 14.1. The Hall–Kier alpha value is -1.71. The van der Waals surface area contributed by atoms with Crippen molar-refractivity contribution in [1.82, 2.24) is 10.2 Å². The van der Waals surface area contributed by atoms with Gasteiger partial charge in [0.2, 0.25) is 0 Å². The lowest BCUT2D eigenvalue weighted by molar-refractivity contribution is 0.266. The van der Waals surface area contributed by atoms with Crippen molar-refractivity contribution in [3.8, 4) is 5.75 Å². The molecule has 2 rings (SSSR count). The molecule has 1 aromatic rings. The van der Waals surface area contributed by atoms with Crippen molar-refractivity contribution in [2.24, 2.45) is 10.9 Å². The molecule has 1 fully saturated rings. The molecule has 1 atom stereocenters. The zero-order chi connectivity index (χ0) is 15.8. The average molecular weight is 303 g/mol. The number of benzene rings is 1. The predicted octanol–water partition coefficient (Wildman–Crippen LogP) is 2.94. The number of hydrogen-bond acceptors (Lipinski definition) is 2. The Morgan fingerprint density at radius 2 is 2.23 bits per heavy atom. The maximum Gasteiger partial charge on any atom is 0.193 e. The van der Waals surface area contributed by atoms with Gasteiger partial charge in [-0.15, -0.1) is 0 Å². The summed E-state index contributed by atoms with van der Waals surface area (Å²) in [5, 5.41) is 3.43. The van der Waals surface area contributed by atoms with Gasteiger partial charge in [-0.1, -0.05) is 25.1 Å². The van der Waals surface area contributed by atoms with Crippen LogP contribution in [-0.2, 0) is 6.42 Å². The average Bonchev–Trinajstić information content (AvgIpc) is 2.54. The van der Waals surface area contributed by atoms with Crippen LogP contribution in [0, 0.1) is 5.92 Å². The predicted molar refractivity (Wildman–Crippen MR) is 92.6 cm³/mol. The number of nitrogens with zero attached hydrogens (tertiary/aromatic N) is 2. The van der Waals surface area contributed by atoms with E-state index in [0.717, 1.165) is 50.2 Å². The van der Waals surface area contributed by atoms with Crippen molar-refractivity contribution in [2.45, 2.75) is 33.1 Å². The van der Waals surface area contributed by atoms with E-state index in [2.05, 4.69) is 36.2 Å². The Bertz CT molecular complexity index is 487. The van der Waals surface area contributed by atoms with Gasteiger partial charge in [0.25, 0.3) is 0 Å². The van der Waals surface area contributed by atoms with Gasteiger partial charge < -0.3 is 15.0 Å². The summed E-state index contributed by atoms with van der Waals surface area (Å²) in [6.07, 6.45) is 3.50. The first kappa shape index (κ1) is 16.7. The fourth-order valence-electron chi connectivity index (χ4n) is 3.00. The van der Waals surface area contributed by atoms with Gasteiger partial charge in [-0.2, -0.15) is 0 Å². The van der Waals surface area contributed by atoms with Crippen LogP contribution in [0.2, 0.25) is 0 Å². The molecule has 0 saturated carbocycles. The van der Waals surface area contributed by atoms with Crippen LogP contribution in [-0.4, -0.2) is 44.1 Å². The molecule has 22 heavy (non-hydrogen) atoms. The third-order valence-corrected chi connectivity index (χ3v) is 4.13. The molecule has 0 aliphatic carbocycles. The van der Waals surface area contributed by atoms with Crippen molar-refractivity contribution in [3.05, 3.63) is 29.8 Å². The number of ether oxygens (including phenoxy) is 1. The van der Waals surface area contributed by atoms with Gasteiger partial charge in [0.1, 0.15) is 5.75 Å². The molecule has 122 valence electrons. The highest BCUT2D eigenvalue weighted by Gasteiger charge is 2.18. The molecule has 1 aromatic carbocycles. The van der Waals surface area contributed by atoms with Crippen LogP contribution in [0.15, 0.2) is 29.3 Å². The van der Waals surface area contributed by atoms with Crippen molar-refractivity contribution >= 4 is 5.96 Å². The highest BCUT2D eigenvalue weighted by atomic mass is 16.5. The van der Waals surface area contributed by atoms with Crippen molar-refractivity contribution < 1.29 is 4.74 Å². The summed E-state index contributed by atoms with van der Waals surface area (Å²) in [6.45, 7) is 8.38. The molecule has 1 N–H and O–H groups in total. The number of methoxy groups -OCH3 is 1. The summed E-state index contributed by atoms with van der Waals surface area (Å²) in [7, 11) is 1.72. The minimum absolute atomic E-state index is 0.756. The lowest BCUT2D eigenvalue weighted by atomic mass is 10.0. The van der Waals surface area contributed by atoms with Crippen molar-refractivity contribution in [1.29, 1.82) is 0 Å². The van der Waals surface area contributed by atoms with Crippen LogP contribution >= 0.6 is 0 Å². The second-order valence-corrected chi connectivity index (χ2v) is 5.99. The molecule has 0 bridgehead atoms. The molecule has 1 heterocycles. The number of hydrogen-bond donors (Lipinski definition) is 1. The summed E-state index contributed by atoms with van der Waals surface area (Å²) < 4.78 is 5.41. The Morgan fingerprint density at radius 3 is 2.95 bits per heavy atom. The minimum atomic E-state index is 0.756. The third kappa shape index (κ3) is 4.65. The Labute approximate surface area is 134 Å². The normalized spacial score (nSPS) is 19.1. The van der Waals surface area contributed by atoms with E-state index in [9.17, 15) is 0 Å². The van der Waals surface area contributed by atoms with Crippen LogP contribution in [0.5, 0.6) is 5.75 Å². The van der Waals surface area contributed by atoms with E-state index >= 15 is 0 Å². The highest BCUT2D eigenvalue weighted by Crippen LogP contribution is 2.18. The molecule has 1 aliphatic heterocycles. The van der Waals surface area contributed by atoms with Crippen LogP contribution in [0.3, 0.4) is 0 Å². The van der Waals surface area contributed by atoms with E-state index in [1.807, 2.05) is 12.1 Å². The zero-order valence-electron chi connectivity index (χ0n) is 14.1. The first-order valence-electron chi connectivity index (χ1n) is 8.39. The topological polar surface area (TPSA) is 36.9 Å². The second-order valence-electron chi connectivity index (χ2n) is 5.99. The highest BCUT2D eigenvalue weighted by molar-refractivity contribution is 5.80. The summed E-state index contributed by atoms with van der Waals surface area (Å²) in [5.41, 5.74) is 1.22. The van der Waals surface area contributed by atoms with E-state index < -0.39 is 0 Å². The molecule has 0 amide bonds. The molecule has 1 unspecified atom stereocenters. The van der Waals surface area contributed by atoms with Gasteiger partial charge in [0.15, 0.2) is 5.96 Å². The molecular weight excluding hydrogens is 274 g/mol. The van der Waals surface area contributed by atoms with E-state index in [0.29, 0.717) is 0 Å². The number of aliphatic imine (C=N–C) groups is 1. The van der Waals surface area contributed by atoms with Crippen LogP contribution in [0.25, 0.3) is 0 Å². The molecule has 0 radical (unpaired) electrons. The molecule has 4 heteroatoms. The van der Waals surface area contributed by atoms with E-state index in [4.69, 9.17) is 9.73 Å². The maximum atomic E-state index is 5.41. The SMILES string of the molecule is CCNC(=NCCc1ccccc1OC)N1CCCC(C)C1. The Kier molecular flexibility index (Phi) is 6.56. The first-order chi connectivity index (χ1) is 10.7. The monoisotopic (exact) mass is 303 g/mol. The number of rotatable bonds is 5. The molecule has 1 saturated heterocycles. The summed E-state index contributed by atoms with van der Waals surface area (Å²) in [5.74, 6) is 2.77. The summed E-state index contributed by atoms with van der Waals surface area (Å²) in [4.78, 5) is 7.22. The van der Waals surface area contributed by atoms with Crippen molar-refractivity contribution in [2.75, 3.05) is 33.3 Å². The van der Waals surface area contributed by atoms with Gasteiger partial charge in [-0.25, -0.2) is 0 Å². The third-order valence-electron chi connectivity index (χ3n) is 4.13. The summed E-state index contributed by atoms with van der Waals surface area (Å²) in [6, 6.07) is 8.19. The number of guanidine groups is 1. The van der Waals surface area contributed by atoms with Crippen LogP contribution < -0.4 is 10.1 Å². The number of nitrogens with one attached hydrogen (secondary N) is 1. The smallest absolute Gasteiger partial charge is 0.193 e. The van der Waals surface area contributed by atoms with Crippen LogP contribution in [0.4, 0.5) is 0 Å². The van der Waals surface area contributed by atoms with Gasteiger partial charge >= 0.3 is 0 Å². The number of piperidine rings is 1. The van der Waals surface area contributed by atoms with Crippen molar-refractivity contribution in [3.63, 3.8) is 0 Å². The van der Waals surface area contributed by atoms with E-state index in [1.54, 1.807) is 7.11 Å². The molecule has 1 aliphatic rings. The lowest BCUT2D eigenvalue weighted by Gasteiger charge is -2.33. The Morgan fingerprint density at radius 1 is 1.41 bits per heavy atom. The molecule has 0 spiro atoms. The largest absolute Gasteiger partial charge is 0.496 e. The fourth-order valence-corrected chi connectivity index (χ4v) is 3.00. The standard InChI is InChI=1S/C18H29N3O/c1-4-19-18(21-13-7-8-15(2)14-21)20-12-11-16-9-5-6-10-17(16)22-3/h5-6,9-10,15H,4,7-8,11-14H2,1-3H3,(H,19,20). The fraction of sp³-hybridized carbons (Fsp3) is 0.611. The second kappa shape index (κ2) is 8.66. The van der Waals surface area contributed by atoms with E-state index in [-0.39, 0.29) is 0 Å².